The van der Waals surface area contributed by atoms with Crippen LogP contribution in [0.1, 0.15) is 43.0 Å². The third-order valence-corrected chi connectivity index (χ3v) is 13.2. The van der Waals surface area contributed by atoms with E-state index >= 15 is 0 Å². The van der Waals surface area contributed by atoms with Gasteiger partial charge in [0.2, 0.25) is 17.7 Å². The average molecular weight is 1090 g/mol. The van der Waals surface area contributed by atoms with Gasteiger partial charge in [0.1, 0.15) is 36.1 Å². The lowest BCUT2D eigenvalue weighted by atomic mass is 9.93. The highest BCUT2D eigenvalue weighted by Gasteiger charge is 2.47. The smallest absolute Gasteiger partial charge is 0.317 e. The SMILES string of the molecule is CC1O[C@@H](CO)[C@H](NC(=O)C(CCCCNC(=O)CN2CCN(CC(=O)O)CCN(CC(=O)O)CCN(CC(=O)O)CC2)NC(=O)COc2ccc3nccc(C(=O)NCC(=O)N4CC(F)(F)C[C@H]4C#N)c3c2)[C@@H](O)[C@@H]1O. The fourth-order valence-electron chi connectivity index (χ4n) is 9.11. The molecule has 0 spiro atoms. The zero-order valence-corrected chi connectivity index (χ0v) is 42.4. The minimum absolute atomic E-state index is 0.0140. The van der Waals surface area contributed by atoms with E-state index in [4.69, 9.17) is 9.47 Å². The van der Waals surface area contributed by atoms with Crippen LogP contribution in [0.4, 0.5) is 8.78 Å². The number of halogens is 2. The number of pyridine rings is 1. The molecule has 77 heavy (non-hydrogen) atoms. The molecule has 5 rings (SSSR count). The van der Waals surface area contributed by atoms with E-state index in [9.17, 15) is 83.0 Å². The van der Waals surface area contributed by atoms with Gasteiger partial charge in [-0.05, 0) is 50.5 Å². The second-order valence-corrected chi connectivity index (χ2v) is 19.1. The van der Waals surface area contributed by atoms with E-state index in [-0.39, 0.29) is 121 Å². The van der Waals surface area contributed by atoms with Crippen LogP contribution in [-0.2, 0) is 38.3 Å². The molecule has 4 heterocycles. The monoisotopic (exact) mass is 1090 g/mol. The fraction of sp³-hybridized carbons (Fsp3) is 0.625. The van der Waals surface area contributed by atoms with Crippen LogP contribution in [0, 0.1) is 11.3 Å². The van der Waals surface area contributed by atoms with Crippen LogP contribution in [0.5, 0.6) is 5.75 Å². The van der Waals surface area contributed by atoms with Gasteiger partial charge in [-0.1, -0.05) is 0 Å². The lowest BCUT2D eigenvalue weighted by Crippen LogP contribution is -2.65. The number of rotatable bonds is 23. The standard InChI is InChI=1S/C48H67F2N11O16/c1-29-44(72)45(73)43(36(26-62)77-29)56-47(75)35(4-2-3-8-53-37(63)22-57-10-12-58(23-40(66)67)14-16-60(25-42(70)71)17-15-59(13-11-57)24-41(68)69)55-38(64)27-76-31-5-6-34-33(18-31)32(7-9-52-34)46(74)54-21-39(65)61-28-48(49,50)19-30(61)20-51/h5-7,9,18,29-30,35-36,43-45,62,72-73H,2-4,8,10-17,19,21-28H2,1H3,(H,53,63)(H,54,74)(H,55,64)(H,56,75)(H,66,67)(H,68,69)(H,70,71)/t29?,30-,35?,36-,43-,44+,45+/m0/s1. The van der Waals surface area contributed by atoms with Crippen molar-refractivity contribution in [3.05, 3.63) is 36.0 Å². The molecule has 27 nitrogen and oxygen atoms in total. The number of hydrogen-bond acceptors (Lipinski definition) is 19. The lowest BCUT2D eigenvalue weighted by molar-refractivity contribution is -0.188. The van der Waals surface area contributed by atoms with Crippen LogP contribution >= 0.6 is 0 Å². The van der Waals surface area contributed by atoms with Gasteiger partial charge in [0.05, 0.1) is 75.2 Å². The number of benzene rings is 1. The van der Waals surface area contributed by atoms with Crippen LogP contribution in [0.2, 0.25) is 0 Å². The van der Waals surface area contributed by atoms with Gasteiger partial charge in [-0.25, -0.2) is 8.78 Å². The molecule has 7 atom stereocenters. The fourth-order valence-corrected chi connectivity index (χ4v) is 9.11. The van der Waals surface area contributed by atoms with E-state index in [0.717, 1.165) is 0 Å². The first kappa shape index (κ1) is 61.1. The minimum Gasteiger partial charge on any atom is -0.484 e. The molecule has 0 saturated carbocycles. The second-order valence-electron chi connectivity index (χ2n) is 19.1. The number of hydrogen-bond donors (Lipinski definition) is 10. The number of fused-ring (bicyclic) bond motifs is 1. The third kappa shape index (κ3) is 19.0. The van der Waals surface area contributed by atoms with Gasteiger partial charge in [-0.15, -0.1) is 0 Å². The van der Waals surface area contributed by atoms with Gasteiger partial charge in [0.15, 0.2) is 6.61 Å². The number of carbonyl (C=O) groups excluding carboxylic acids is 5. The van der Waals surface area contributed by atoms with Gasteiger partial charge >= 0.3 is 17.9 Å². The van der Waals surface area contributed by atoms with Gasteiger partial charge in [0, 0.05) is 76.9 Å². The summed E-state index contributed by atoms with van der Waals surface area (Å²) in [5, 5.41) is 79.7. The number of likely N-dealkylation sites (tertiary alicyclic amines) is 1. The number of carboxylic acid groups (broad SMARTS) is 3. The molecule has 424 valence electrons. The van der Waals surface area contributed by atoms with Crippen molar-refractivity contribution in [2.45, 2.75) is 81.1 Å². The first-order valence-corrected chi connectivity index (χ1v) is 25.0. The normalized spacial score (nSPS) is 23.3. The topological polar surface area (TPSA) is 377 Å². The van der Waals surface area contributed by atoms with Crippen LogP contribution in [-0.4, -0.2) is 267 Å². The van der Waals surface area contributed by atoms with Gasteiger partial charge in [-0.2, -0.15) is 5.26 Å². The van der Waals surface area contributed by atoms with E-state index < -0.39 is 129 Å². The first-order chi connectivity index (χ1) is 36.6. The summed E-state index contributed by atoms with van der Waals surface area (Å²) in [6.07, 6.45) is -4.05. The van der Waals surface area contributed by atoms with Gasteiger partial charge in [-0.3, -0.25) is 62.9 Å². The summed E-state index contributed by atoms with van der Waals surface area (Å²) in [6, 6.07) is 3.38. The Morgan fingerprint density at radius 3 is 1.97 bits per heavy atom. The average Bonchev–Trinajstić information content (AvgIpc) is 3.72. The van der Waals surface area contributed by atoms with E-state index in [2.05, 4.69) is 26.3 Å². The molecular formula is C48H67F2N11O16. The van der Waals surface area contributed by atoms with Crippen LogP contribution in [0.3, 0.4) is 0 Å². The van der Waals surface area contributed by atoms with Crippen molar-refractivity contribution < 1.29 is 87.3 Å². The molecule has 5 amide bonds. The summed E-state index contributed by atoms with van der Waals surface area (Å²) in [5.41, 5.74) is 0.323. The lowest BCUT2D eigenvalue weighted by Gasteiger charge is -2.42. The molecule has 0 aliphatic carbocycles. The third-order valence-electron chi connectivity index (χ3n) is 13.2. The summed E-state index contributed by atoms with van der Waals surface area (Å²) < 4.78 is 39.2. The van der Waals surface area contributed by atoms with Crippen molar-refractivity contribution in [1.82, 2.24) is 50.8 Å². The number of carbonyl (C=O) groups is 8. The highest BCUT2D eigenvalue weighted by molar-refractivity contribution is 6.07. The van der Waals surface area contributed by atoms with Crippen molar-refractivity contribution >= 4 is 58.3 Å². The number of nitrogens with zero attached hydrogens (tertiary/aromatic N) is 7. The highest BCUT2D eigenvalue weighted by atomic mass is 19.3. The van der Waals surface area contributed by atoms with Crippen molar-refractivity contribution in [2.24, 2.45) is 0 Å². The minimum atomic E-state index is -3.25. The van der Waals surface area contributed by atoms with Crippen molar-refractivity contribution in [3.8, 4) is 11.8 Å². The quantitative estimate of drug-likeness (QED) is 0.0480. The molecule has 3 aliphatic heterocycles. The number of amides is 5. The van der Waals surface area contributed by atoms with Crippen molar-refractivity contribution in [3.63, 3.8) is 0 Å². The zero-order chi connectivity index (χ0) is 56.4. The second kappa shape index (κ2) is 29.1. The molecule has 1 aromatic heterocycles. The molecule has 2 aromatic rings. The Morgan fingerprint density at radius 2 is 1.42 bits per heavy atom. The maximum Gasteiger partial charge on any atom is 0.317 e. The number of ether oxygens (including phenoxy) is 2. The maximum atomic E-state index is 13.9. The number of alkyl halides is 2. The Kier molecular flexibility index (Phi) is 23.1. The number of aromatic nitrogens is 1. The Balaban J connectivity index is 1.20. The predicted molar refractivity (Wildman–Crippen MR) is 263 cm³/mol. The summed E-state index contributed by atoms with van der Waals surface area (Å²) >= 11 is 0. The van der Waals surface area contributed by atoms with E-state index in [1.54, 1.807) is 25.7 Å². The molecule has 3 aliphatic rings. The molecule has 2 unspecified atom stereocenters. The number of nitriles is 1. The molecule has 0 bridgehead atoms. The van der Waals surface area contributed by atoms with Gasteiger partial charge in [0.25, 0.3) is 17.7 Å². The molecule has 3 saturated heterocycles. The first-order valence-electron chi connectivity index (χ1n) is 25.0. The number of aliphatic hydroxyl groups excluding tert-OH is 3. The number of carboxylic acids is 3. The van der Waals surface area contributed by atoms with Crippen LogP contribution < -0.4 is 26.0 Å². The highest BCUT2D eigenvalue weighted by Crippen LogP contribution is 2.32. The van der Waals surface area contributed by atoms with Crippen molar-refractivity contribution in [2.75, 3.05) is 111 Å². The van der Waals surface area contributed by atoms with E-state index in [1.807, 2.05) is 0 Å². The summed E-state index contributed by atoms with van der Waals surface area (Å²) in [4.78, 5) is 113. The predicted octanol–water partition coefficient (Wildman–Crippen LogP) is -3.66. The Labute approximate surface area is 441 Å². The summed E-state index contributed by atoms with van der Waals surface area (Å²) in [6.45, 7) is -0.873. The maximum absolute atomic E-state index is 13.9. The number of unbranched alkanes of at least 4 members (excludes halogenated alkanes) is 1. The van der Waals surface area contributed by atoms with E-state index in [1.165, 1.54) is 37.4 Å². The Morgan fingerprint density at radius 1 is 0.831 bits per heavy atom. The number of aliphatic hydroxyl groups is 3. The molecule has 0 radical (unpaired) electrons. The van der Waals surface area contributed by atoms with Crippen LogP contribution in [0.25, 0.3) is 10.9 Å². The van der Waals surface area contributed by atoms with Gasteiger partial charge < -0.3 is 66.3 Å². The summed E-state index contributed by atoms with van der Waals surface area (Å²) in [7, 11) is 0. The van der Waals surface area contributed by atoms with Crippen molar-refractivity contribution in [1.29, 1.82) is 5.26 Å². The Bertz CT molecular complexity index is 2420. The Hall–Kier alpha value is -6.78. The molecular weight excluding hydrogens is 1020 g/mol. The molecule has 3 fully saturated rings. The van der Waals surface area contributed by atoms with E-state index in [0.29, 0.717) is 10.4 Å². The zero-order valence-electron chi connectivity index (χ0n) is 42.4. The number of nitrogens with one attached hydrogen (secondary N) is 4. The number of aliphatic carboxylic acids is 3. The molecule has 29 heteroatoms. The molecule has 10 N–H and O–H groups in total. The summed E-state index contributed by atoms with van der Waals surface area (Å²) in [5.74, 6) is -10.2. The molecule has 1 aromatic carbocycles. The van der Waals surface area contributed by atoms with Crippen LogP contribution in [0.15, 0.2) is 30.5 Å². The largest absolute Gasteiger partial charge is 0.484 e.